The van der Waals surface area contributed by atoms with Gasteiger partial charge in [0.05, 0.1) is 22.1 Å². The molecule has 0 aromatic heterocycles. The van der Waals surface area contributed by atoms with E-state index in [1.807, 2.05) is 0 Å². The van der Waals surface area contributed by atoms with E-state index < -0.39 is 40.7 Å². The topological polar surface area (TPSA) is 127 Å². The summed E-state index contributed by atoms with van der Waals surface area (Å²) in [5.41, 5.74) is 0.789. The van der Waals surface area contributed by atoms with Crippen LogP contribution in [0.3, 0.4) is 0 Å². The van der Waals surface area contributed by atoms with E-state index in [0.29, 0.717) is 12.0 Å². The second-order valence-electron chi connectivity index (χ2n) is 8.04. The van der Waals surface area contributed by atoms with Crippen molar-refractivity contribution in [1.29, 1.82) is 0 Å². The average Bonchev–Trinajstić information content (AvgIpc) is 3.08. The van der Waals surface area contributed by atoms with Gasteiger partial charge in [0.2, 0.25) is 0 Å². The Kier molecular flexibility index (Phi) is 5.17. The zero-order valence-corrected chi connectivity index (χ0v) is 18.2. The van der Waals surface area contributed by atoms with Crippen molar-refractivity contribution in [3.8, 4) is 0 Å². The number of allylic oxidation sites excluding steroid dienone is 1. The molecule has 1 saturated heterocycles. The van der Waals surface area contributed by atoms with Crippen LogP contribution in [-0.2, 0) is 20.9 Å². The molecule has 3 aliphatic heterocycles. The first-order chi connectivity index (χ1) is 16.3. The molecule has 0 saturated carbocycles. The van der Waals surface area contributed by atoms with Crippen LogP contribution in [0.25, 0.3) is 0 Å². The van der Waals surface area contributed by atoms with Crippen LogP contribution in [0.15, 0.2) is 59.3 Å². The molecule has 5 rings (SSSR count). The maximum absolute atomic E-state index is 13.1. The van der Waals surface area contributed by atoms with Crippen LogP contribution >= 0.6 is 11.6 Å². The maximum atomic E-state index is 13.1. The maximum Gasteiger partial charge on any atom is 0.356 e. The lowest BCUT2D eigenvalue weighted by Gasteiger charge is -2.51. The summed E-state index contributed by atoms with van der Waals surface area (Å²) < 4.78 is 5.30. The summed E-state index contributed by atoms with van der Waals surface area (Å²) in [6.07, 6.45) is 0.652. The number of halogens is 1. The number of carbonyl (C=O) groups excluding carboxylic acids is 4. The van der Waals surface area contributed by atoms with Crippen LogP contribution in [0.5, 0.6) is 0 Å². The third-order valence-corrected chi connectivity index (χ3v) is 6.53. The molecule has 0 unspecified atom stereocenters. The molecule has 11 heteroatoms. The summed E-state index contributed by atoms with van der Waals surface area (Å²) in [4.78, 5) is 63.9. The molecule has 10 nitrogen and oxygen atoms in total. The first-order valence-corrected chi connectivity index (χ1v) is 10.8. The van der Waals surface area contributed by atoms with E-state index in [4.69, 9.17) is 16.3 Å². The Bertz CT molecular complexity index is 1270. The summed E-state index contributed by atoms with van der Waals surface area (Å²) in [5.74, 6) is -2.50. The number of nitro groups is 1. The summed E-state index contributed by atoms with van der Waals surface area (Å²) in [7, 11) is 0. The normalized spacial score (nSPS) is 21.3. The highest BCUT2D eigenvalue weighted by atomic mass is 35.5. The van der Waals surface area contributed by atoms with Crippen molar-refractivity contribution in [2.75, 3.05) is 0 Å². The zero-order chi connectivity index (χ0) is 24.1. The number of benzene rings is 2. The number of ether oxygens (including phenoxy) is 1. The van der Waals surface area contributed by atoms with Gasteiger partial charge in [-0.05, 0) is 42.7 Å². The van der Waals surface area contributed by atoms with Gasteiger partial charge in [0, 0.05) is 17.2 Å². The van der Waals surface area contributed by atoms with Gasteiger partial charge in [-0.2, -0.15) is 0 Å². The highest BCUT2D eigenvalue weighted by Crippen LogP contribution is 2.42. The van der Waals surface area contributed by atoms with Crippen LogP contribution in [0.2, 0.25) is 0 Å². The second-order valence-corrected chi connectivity index (χ2v) is 8.49. The van der Waals surface area contributed by atoms with Crippen molar-refractivity contribution in [2.45, 2.75) is 31.5 Å². The number of fused-ring (bicyclic) bond motifs is 2. The Balaban J connectivity index is 1.32. The van der Waals surface area contributed by atoms with Gasteiger partial charge in [0.15, 0.2) is 0 Å². The highest BCUT2D eigenvalue weighted by molar-refractivity contribution is 6.32. The largest absolute Gasteiger partial charge is 0.456 e. The first kappa shape index (κ1) is 21.8. The third kappa shape index (κ3) is 3.26. The van der Waals surface area contributed by atoms with Crippen molar-refractivity contribution >= 4 is 41.0 Å². The van der Waals surface area contributed by atoms with Gasteiger partial charge >= 0.3 is 5.97 Å². The minimum atomic E-state index is -1.02. The summed E-state index contributed by atoms with van der Waals surface area (Å²) in [5, 5.41) is 10.9. The van der Waals surface area contributed by atoms with E-state index in [1.165, 1.54) is 41.3 Å². The first-order valence-electron chi connectivity index (χ1n) is 10.4. The van der Waals surface area contributed by atoms with Gasteiger partial charge in [-0.1, -0.05) is 23.7 Å². The number of amides is 3. The number of rotatable bonds is 5. The fraction of sp³-hybridized carbons (Fsp3) is 0.217. The minimum absolute atomic E-state index is 0.0960. The summed E-state index contributed by atoms with van der Waals surface area (Å²) in [6, 6.07) is 10.2. The quantitative estimate of drug-likeness (QED) is 0.211. The molecule has 1 fully saturated rings. The summed E-state index contributed by atoms with van der Waals surface area (Å²) in [6.45, 7) is -0.182. The van der Waals surface area contributed by atoms with E-state index in [-0.39, 0.29) is 40.6 Å². The lowest BCUT2D eigenvalue weighted by Crippen LogP contribution is -2.72. The minimum Gasteiger partial charge on any atom is -0.456 e. The average molecular weight is 482 g/mol. The van der Waals surface area contributed by atoms with Gasteiger partial charge in [0.25, 0.3) is 23.4 Å². The van der Waals surface area contributed by atoms with Gasteiger partial charge in [0.1, 0.15) is 18.3 Å². The molecular weight excluding hydrogens is 466 g/mol. The lowest BCUT2D eigenvalue weighted by atomic mass is 9.85. The molecule has 2 aromatic rings. The molecule has 3 heterocycles. The molecule has 34 heavy (non-hydrogen) atoms. The number of hydrogen-bond acceptors (Lipinski definition) is 7. The predicted molar refractivity (Wildman–Crippen MR) is 116 cm³/mol. The van der Waals surface area contributed by atoms with Gasteiger partial charge in [-0.15, -0.1) is 0 Å². The standard InChI is InChI=1S/C23H16ClN3O7/c24-16-9-10-17-19(26-20(28)14-3-1-2-4-15(14)21(26)29)22(30)25(17)18(16)23(31)34-11-12-5-7-13(8-6-12)27(32)33/h1-8,17,19H,9-11H2/t17-,19+/m1/s1. The Morgan fingerprint density at radius 1 is 1.03 bits per heavy atom. The number of imide groups is 1. The van der Waals surface area contributed by atoms with Crippen LogP contribution < -0.4 is 0 Å². The zero-order valence-electron chi connectivity index (χ0n) is 17.5. The SMILES string of the molecule is O=C(OCc1ccc([N+](=O)[O-])cc1)C1=C(Cl)CC[C@@H]2[C@H](N3C(=O)c4ccccc4C3=O)C(=O)N12. The number of nitrogens with zero attached hydrogens (tertiary/aromatic N) is 3. The number of nitro benzene ring substituents is 1. The summed E-state index contributed by atoms with van der Waals surface area (Å²) >= 11 is 6.27. The molecular formula is C23H16ClN3O7. The molecule has 2 aromatic carbocycles. The van der Waals surface area contributed by atoms with Crippen LogP contribution in [0, 0.1) is 10.1 Å². The number of β-lactam (4-membered cyclic amide) rings is 1. The predicted octanol–water partition coefficient (Wildman–Crippen LogP) is 2.76. The Hall–Kier alpha value is -4.05. The number of carbonyl (C=O) groups is 4. The number of esters is 1. The van der Waals surface area contributed by atoms with Gasteiger partial charge in [-0.25, -0.2) is 4.79 Å². The molecule has 0 bridgehead atoms. The molecule has 0 spiro atoms. The smallest absolute Gasteiger partial charge is 0.356 e. The second kappa shape index (κ2) is 8.07. The van der Waals surface area contributed by atoms with E-state index in [9.17, 15) is 29.3 Å². The van der Waals surface area contributed by atoms with E-state index in [0.717, 1.165) is 4.90 Å². The van der Waals surface area contributed by atoms with Crippen molar-refractivity contribution in [3.63, 3.8) is 0 Å². The van der Waals surface area contributed by atoms with Crippen molar-refractivity contribution < 1.29 is 28.8 Å². The Morgan fingerprint density at radius 2 is 1.65 bits per heavy atom. The van der Waals surface area contributed by atoms with Crippen LogP contribution in [0.4, 0.5) is 5.69 Å². The van der Waals surface area contributed by atoms with Crippen molar-refractivity contribution in [2.24, 2.45) is 0 Å². The monoisotopic (exact) mass is 481 g/mol. The van der Waals surface area contributed by atoms with Crippen molar-refractivity contribution in [1.82, 2.24) is 9.80 Å². The van der Waals surface area contributed by atoms with Gasteiger partial charge < -0.3 is 4.74 Å². The lowest BCUT2D eigenvalue weighted by molar-refractivity contribution is -0.384. The Morgan fingerprint density at radius 3 is 2.24 bits per heavy atom. The molecule has 0 N–H and O–H groups in total. The number of hydrogen-bond donors (Lipinski definition) is 0. The number of non-ortho nitro benzene ring substituents is 1. The molecule has 0 aliphatic carbocycles. The Labute approximate surface area is 197 Å². The van der Waals surface area contributed by atoms with Crippen molar-refractivity contribution in [3.05, 3.63) is 86.1 Å². The highest BCUT2D eigenvalue weighted by Gasteiger charge is 2.59. The van der Waals surface area contributed by atoms with E-state index in [2.05, 4.69) is 0 Å². The molecule has 2 atom stereocenters. The van der Waals surface area contributed by atoms with Crippen LogP contribution in [-0.4, -0.2) is 50.5 Å². The fourth-order valence-corrected chi connectivity index (χ4v) is 4.78. The van der Waals surface area contributed by atoms with E-state index in [1.54, 1.807) is 12.1 Å². The molecule has 3 amide bonds. The molecule has 3 aliphatic rings. The third-order valence-electron chi connectivity index (χ3n) is 6.16. The van der Waals surface area contributed by atoms with Gasteiger partial charge in [-0.3, -0.25) is 34.3 Å². The van der Waals surface area contributed by atoms with Crippen LogP contribution in [0.1, 0.15) is 39.1 Å². The van der Waals surface area contributed by atoms with E-state index >= 15 is 0 Å². The molecule has 0 radical (unpaired) electrons. The fourth-order valence-electron chi connectivity index (χ4n) is 4.50. The molecule has 172 valence electrons.